The molecule has 37 heavy (non-hydrogen) atoms. The van der Waals surface area contributed by atoms with Gasteiger partial charge < -0.3 is 14.6 Å². The summed E-state index contributed by atoms with van der Waals surface area (Å²) in [7, 11) is 0. The van der Waals surface area contributed by atoms with Gasteiger partial charge in [0.15, 0.2) is 5.13 Å². The van der Waals surface area contributed by atoms with Crippen molar-refractivity contribution in [2.45, 2.75) is 19.6 Å². The SMILES string of the molecule is CCOc1cccc(/C(O)=C2\C(=O)C(=O)N(c3nccs3)C2c2ccc(OCc3ccccc3)cc2)c1. The van der Waals surface area contributed by atoms with E-state index >= 15 is 0 Å². The lowest BCUT2D eigenvalue weighted by atomic mass is 9.95. The van der Waals surface area contributed by atoms with E-state index in [1.54, 1.807) is 60.1 Å². The average Bonchev–Trinajstić information content (AvgIpc) is 3.55. The number of carbonyl (C=O) groups is 2. The highest BCUT2D eigenvalue weighted by Crippen LogP contribution is 2.43. The van der Waals surface area contributed by atoms with Gasteiger partial charge in [0.05, 0.1) is 18.2 Å². The third-order valence-corrected chi connectivity index (χ3v) is 6.70. The second kappa shape index (κ2) is 10.7. The summed E-state index contributed by atoms with van der Waals surface area (Å²) in [6.45, 7) is 2.73. The molecule has 1 amide bonds. The van der Waals surface area contributed by atoms with Crippen LogP contribution >= 0.6 is 11.3 Å². The quantitative estimate of drug-likeness (QED) is 0.184. The minimum Gasteiger partial charge on any atom is -0.507 e. The summed E-state index contributed by atoms with van der Waals surface area (Å²) in [5.41, 5.74) is 2.06. The predicted octanol–water partition coefficient (Wildman–Crippen LogP) is 5.75. The molecule has 0 spiro atoms. The fourth-order valence-electron chi connectivity index (χ4n) is 4.22. The van der Waals surface area contributed by atoms with Crippen molar-refractivity contribution in [1.29, 1.82) is 0 Å². The molecule has 3 aromatic carbocycles. The Balaban J connectivity index is 1.53. The first-order chi connectivity index (χ1) is 18.1. The first-order valence-corrected chi connectivity index (χ1v) is 12.6. The number of Topliss-reactive ketones (excluding diaryl/α,β-unsaturated/α-hetero) is 1. The molecule has 2 heterocycles. The Labute approximate surface area is 218 Å². The highest BCUT2D eigenvalue weighted by atomic mass is 32.1. The Bertz CT molecular complexity index is 1430. The van der Waals surface area contributed by atoms with Crippen molar-refractivity contribution < 1.29 is 24.2 Å². The highest BCUT2D eigenvalue weighted by molar-refractivity contribution is 7.14. The summed E-state index contributed by atoms with van der Waals surface area (Å²) in [6.07, 6.45) is 1.57. The number of amides is 1. The molecule has 4 aromatic rings. The van der Waals surface area contributed by atoms with E-state index in [2.05, 4.69) is 4.98 Å². The van der Waals surface area contributed by atoms with Gasteiger partial charge in [-0.1, -0.05) is 54.6 Å². The van der Waals surface area contributed by atoms with Gasteiger partial charge in [0, 0.05) is 17.1 Å². The maximum Gasteiger partial charge on any atom is 0.301 e. The molecule has 0 aliphatic carbocycles. The van der Waals surface area contributed by atoms with E-state index in [1.165, 1.54) is 16.2 Å². The Morgan fingerprint density at radius 2 is 1.76 bits per heavy atom. The number of anilines is 1. The Morgan fingerprint density at radius 1 is 0.973 bits per heavy atom. The van der Waals surface area contributed by atoms with Gasteiger partial charge in [-0.25, -0.2) is 4.98 Å². The van der Waals surface area contributed by atoms with Gasteiger partial charge in [-0.15, -0.1) is 11.3 Å². The van der Waals surface area contributed by atoms with Crippen LogP contribution in [0.3, 0.4) is 0 Å². The number of carbonyl (C=O) groups excluding carboxylic acids is 2. The molecule has 7 nitrogen and oxygen atoms in total. The molecule has 1 aliphatic rings. The number of aromatic nitrogens is 1. The molecule has 0 radical (unpaired) electrons. The molecule has 1 aliphatic heterocycles. The summed E-state index contributed by atoms with van der Waals surface area (Å²) in [6, 6.07) is 22.9. The lowest BCUT2D eigenvalue weighted by molar-refractivity contribution is -0.132. The van der Waals surface area contributed by atoms with Crippen LogP contribution in [0.1, 0.15) is 29.7 Å². The lowest BCUT2D eigenvalue weighted by Gasteiger charge is -2.23. The molecular weight excluding hydrogens is 488 g/mol. The van der Waals surface area contributed by atoms with Crippen molar-refractivity contribution in [2.75, 3.05) is 11.5 Å². The zero-order valence-corrected chi connectivity index (χ0v) is 20.9. The normalized spacial score (nSPS) is 16.7. The summed E-state index contributed by atoms with van der Waals surface area (Å²) in [4.78, 5) is 32.0. The van der Waals surface area contributed by atoms with Crippen molar-refractivity contribution >= 4 is 33.9 Å². The zero-order chi connectivity index (χ0) is 25.8. The van der Waals surface area contributed by atoms with Gasteiger partial charge in [0.1, 0.15) is 23.9 Å². The number of aliphatic hydroxyl groups excluding tert-OH is 1. The van der Waals surface area contributed by atoms with Crippen LogP contribution in [0.4, 0.5) is 5.13 Å². The zero-order valence-electron chi connectivity index (χ0n) is 20.0. The van der Waals surface area contributed by atoms with Crippen LogP contribution in [-0.2, 0) is 16.2 Å². The second-order valence-corrected chi connectivity index (χ2v) is 9.16. The molecule has 0 bridgehead atoms. The van der Waals surface area contributed by atoms with Crippen molar-refractivity contribution in [2.24, 2.45) is 0 Å². The third kappa shape index (κ3) is 4.96. The van der Waals surface area contributed by atoms with E-state index in [1.807, 2.05) is 37.3 Å². The third-order valence-electron chi connectivity index (χ3n) is 5.93. The van der Waals surface area contributed by atoms with E-state index in [-0.39, 0.29) is 11.3 Å². The maximum absolute atomic E-state index is 13.3. The topological polar surface area (TPSA) is 89.0 Å². The van der Waals surface area contributed by atoms with Crippen molar-refractivity contribution in [3.05, 3.63) is 113 Å². The summed E-state index contributed by atoms with van der Waals surface area (Å²) < 4.78 is 11.4. The van der Waals surface area contributed by atoms with Crippen molar-refractivity contribution in [1.82, 2.24) is 4.98 Å². The molecule has 5 rings (SSSR count). The molecule has 1 saturated heterocycles. The van der Waals surface area contributed by atoms with Crippen LogP contribution in [0.25, 0.3) is 5.76 Å². The largest absolute Gasteiger partial charge is 0.507 e. The Hall–Kier alpha value is -4.43. The summed E-state index contributed by atoms with van der Waals surface area (Å²) in [5.74, 6) is -0.593. The number of ketones is 1. The number of ether oxygens (including phenoxy) is 2. The van der Waals surface area contributed by atoms with E-state index in [9.17, 15) is 14.7 Å². The number of rotatable bonds is 8. The number of benzene rings is 3. The number of thiazole rings is 1. The van der Waals surface area contributed by atoms with E-state index in [0.29, 0.717) is 41.0 Å². The van der Waals surface area contributed by atoms with E-state index in [0.717, 1.165) is 5.56 Å². The molecule has 186 valence electrons. The van der Waals surface area contributed by atoms with Gasteiger partial charge in [0.25, 0.3) is 5.78 Å². The smallest absolute Gasteiger partial charge is 0.301 e. The molecular formula is C29H24N2O5S. The van der Waals surface area contributed by atoms with Crippen LogP contribution < -0.4 is 14.4 Å². The van der Waals surface area contributed by atoms with Crippen LogP contribution in [0.5, 0.6) is 11.5 Å². The number of hydrogen-bond donors (Lipinski definition) is 1. The van der Waals surface area contributed by atoms with Crippen molar-refractivity contribution in [3.8, 4) is 11.5 Å². The number of hydrogen-bond acceptors (Lipinski definition) is 7. The second-order valence-electron chi connectivity index (χ2n) is 8.29. The molecule has 1 atom stereocenters. The Morgan fingerprint density at radius 3 is 2.46 bits per heavy atom. The molecule has 0 saturated carbocycles. The van der Waals surface area contributed by atoms with Crippen LogP contribution in [0.2, 0.25) is 0 Å². The minimum absolute atomic E-state index is 0.00759. The number of aliphatic hydroxyl groups is 1. The molecule has 1 fully saturated rings. The van der Waals surface area contributed by atoms with Crippen molar-refractivity contribution in [3.63, 3.8) is 0 Å². The maximum atomic E-state index is 13.3. The summed E-state index contributed by atoms with van der Waals surface area (Å²) >= 11 is 1.24. The average molecular weight is 513 g/mol. The van der Waals surface area contributed by atoms with E-state index < -0.39 is 17.7 Å². The Kier molecular flexibility index (Phi) is 7.00. The first kappa shape index (κ1) is 24.3. The highest BCUT2D eigenvalue weighted by Gasteiger charge is 2.48. The predicted molar refractivity (Wildman–Crippen MR) is 142 cm³/mol. The van der Waals surface area contributed by atoms with Gasteiger partial charge in [0.2, 0.25) is 0 Å². The number of nitrogens with zero attached hydrogens (tertiary/aromatic N) is 2. The van der Waals surface area contributed by atoms with Crippen LogP contribution in [0, 0.1) is 0 Å². The van der Waals surface area contributed by atoms with Gasteiger partial charge in [-0.3, -0.25) is 14.5 Å². The lowest BCUT2D eigenvalue weighted by Crippen LogP contribution is -2.29. The van der Waals surface area contributed by atoms with Crippen LogP contribution in [-0.4, -0.2) is 28.4 Å². The fraction of sp³-hybridized carbons (Fsp3) is 0.138. The van der Waals surface area contributed by atoms with Gasteiger partial charge in [-0.05, 0) is 42.3 Å². The van der Waals surface area contributed by atoms with E-state index in [4.69, 9.17) is 9.47 Å². The van der Waals surface area contributed by atoms with Crippen LogP contribution in [0.15, 0.2) is 96.0 Å². The molecule has 1 N–H and O–H groups in total. The minimum atomic E-state index is -0.856. The molecule has 1 aromatic heterocycles. The molecule has 1 unspecified atom stereocenters. The summed E-state index contributed by atoms with van der Waals surface area (Å²) in [5, 5.41) is 13.4. The fourth-order valence-corrected chi connectivity index (χ4v) is 4.89. The molecule has 8 heteroatoms. The van der Waals surface area contributed by atoms with Gasteiger partial charge >= 0.3 is 5.91 Å². The first-order valence-electron chi connectivity index (χ1n) is 11.8. The standard InChI is InChI=1S/C29H24N2O5S/c1-2-35-23-10-6-9-21(17-23)26(32)24-25(31(28(34)27(24)33)29-30-15-16-37-29)20-11-13-22(14-12-20)36-18-19-7-4-3-5-8-19/h3-17,25,32H,2,18H2,1H3/b26-24+. The van der Waals surface area contributed by atoms with Gasteiger partial charge in [-0.2, -0.15) is 0 Å². The monoisotopic (exact) mass is 512 g/mol.